The average Bonchev–Trinajstić information content (AvgIpc) is 2.86. The first-order chi connectivity index (χ1) is 11.5. The number of ether oxygens (including phenoxy) is 1. The van der Waals surface area contributed by atoms with Crippen LogP contribution in [0.2, 0.25) is 0 Å². The fourth-order valence-corrected chi connectivity index (χ4v) is 2.79. The molecule has 0 amide bonds. The minimum absolute atomic E-state index is 0.336. The van der Waals surface area contributed by atoms with Crippen LogP contribution in [-0.4, -0.2) is 50.2 Å². The van der Waals surface area contributed by atoms with Gasteiger partial charge < -0.3 is 25.0 Å². The second-order valence-electron chi connectivity index (χ2n) is 5.77. The summed E-state index contributed by atoms with van der Waals surface area (Å²) in [5, 5.41) is 28.9. The summed E-state index contributed by atoms with van der Waals surface area (Å²) in [6.45, 7) is -0.373. The lowest BCUT2D eigenvalue weighted by Gasteiger charge is -2.15. The van der Waals surface area contributed by atoms with Crippen molar-refractivity contribution in [2.75, 3.05) is 6.61 Å². The summed E-state index contributed by atoms with van der Waals surface area (Å²) in [7, 11) is 0. The summed E-state index contributed by atoms with van der Waals surface area (Å²) in [6.07, 6.45) is -2.08. The van der Waals surface area contributed by atoms with Crippen molar-refractivity contribution in [1.82, 2.24) is 9.97 Å². The van der Waals surface area contributed by atoms with Crippen LogP contribution in [0.4, 0.5) is 0 Å². The van der Waals surface area contributed by atoms with Gasteiger partial charge in [-0.2, -0.15) is 0 Å². The third kappa shape index (κ3) is 3.17. The predicted molar refractivity (Wildman–Crippen MR) is 83.6 cm³/mol. The highest BCUT2D eigenvalue weighted by molar-refractivity contribution is 5.29. The number of aromatic nitrogens is 2. The van der Waals surface area contributed by atoms with Crippen LogP contribution >= 0.6 is 0 Å². The fraction of sp³-hybridized carbons (Fsp3) is 0.375. The van der Waals surface area contributed by atoms with Gasteiger partial charge >= 0.3 is 5.69 Å². The molecule has 128 valence electrons. The Morgan fingerprint density at radius 1 is 1.08 bits per heavy atom. The number of nitrogens with one attached hydrogen (secondary N) is 2. The van der Waals surface area contributed by atoms with Crippen LogP contribution in [-0.2, 0) is 11.2 Å². The molecule has 0 bridgehead atoms. The molecule has 0 saturated carbocycles. The first kappa shape index (κ1) is 16.6. The van der Waals surface area contributed by atoms with Gasteiger partial charge in [0.1, 0.15) is 24.4 Å². The Morgan fingerprint density at radius 3 is 2.38 bits per heavy atom. The highest BCUT2D eigenvalue weighted by atomic mass is 16.6. The van der Waals surface area contributed by atoms with Gasteiger partial charge in [-0.15, -0.1) is 0 Å². The topological polar surface area (TPSA) is 136 Å². The standard InChI is InChI=1S/C16H18N2O6/c19-7-11-12(20)13(21)14(24-11)9-3-1-8(2-4-9)5-10-6-17-16(23)18-15(10)22/h1-4,6,11-14,19-21H,5,7H2,(H2,17,18,22,23)/t11-,12-,13+,14?/m1/s1. The third-order valence-electron chi connectivity index (χ3n) is 4.14. The Hall–Kier alpha value is -2.26. The van der Waals surface area contributed by atoms with Crippen molar-refractivity contribution in [2.45, 2.75) is 30.8 Å². The van der Waals surface area contributed by atoms with Crippen LogP contribution < -0.4 is 11.2 Å². The molecule has 1 aromatic heterocycles. The Bertz CT molecular complexity index is 812. The van der Waals surface area contributed by atoms with Crippen LogP contribution in [0.1, 0.15) is 22.8 Å². The largest absolute Gasteiger partial charge is 0.394 e. The number of aliphatic hydroxyl groups excluding tert-OH is 3. The van der Waals surface area contributed by atoms with E-state index in [1.54, 1.807) is 24.3 Å². The van der Waals surface area contributed by atoms with Crippen molar-refractivity contribution in [1.29, 1.82) is 0 Å². The van der Waals surface area contributed by atoms with Gasteiger partial charge in [-0.25, -0.2) is 4.79 Å². The van der Waals surface area contributed by atoms with E-state index in [0.29, 0.717) is 17.5 Å². The maximum absolute atomic E-state index is 11.7. The summed E-state index contributed by atoms with van der Waals surface area (Å²) < 4.78 is 5.47. The van der Waals surface area contributed by atoms with Crippen molar-refractivity contribution in [3.8, 4) is 0 Å². The molecule has 1 unspecified atom stereocenters. The normalized spacial score (nSPS) is 26.6. The summed E-state index contributed by atoms with van der Waals surface area (Å²) >= 11 is 0. The van der Waals surface area contributed by atoms with E-state index in [1.807, 2.05) is 0 Å². The van der Waals surface area contributed by atoms with Gasteiger partial charge in [0.25, 0.3) is 5.56 Å². The van der Waals surface area contributed by atoms with Gasteiger partial charge in [0.2, 0.25) is 0 Å². The highest BCUT2D eigenvalue weighted by Gasteiger charge is 2.42. The van der Waals surface area contributed by atoms with Crippen molar-refractivity contribution in [3.63, 3.8) is 0 Å². The van der Waals surface area contributed by atoms with Crippen molar-refractivity contribution >= 4 is 0 Å². The van der Waals surface area contributed by atoms with Gasteiger partial charge in [0.05, 0.1) is 6.61 Å². The number of aliphatic hydroxyl groups is 3. The molecular formula is C16H18N2O6. The van der Waals surface area contributed by atoms with Crippen LogP contribution in [0, 0.1) is 0 Å². The molecule has 0 aliphatic carbocycles. The van der Waals surface area contributed by atoms with E-state index in [-0.39, 0.29) is 6.61 Å². The van der Waals surface area contributed by atoms with Crippen LogP contribution in [0.5, 0.6) is 0 Å². The minimum Gasteiger partial charge on any atom is -0.394 e. The molecule has 1 aliphatic rings. The first-order valence-electron chi connectivity index (χ1n) is 7.52. The second kappa shape index (κ2) is 6.70. The van der Waals surface area contributed by atoms with E-state index in [1.165, 1.54) is 6.20 Å². The predicted octanol–water partition coefficient (Wildman–Crippen LogP) is -1.19. The molecule has 1 fully saturated rings. The molecule has 2 heterocycles. The number of rotatable bonds is 4. The van der Waals surface area contributed by atoms with Crippen LogP contribution in [0.3, 0.4) is 0 Å². The monoisotopic (exact) mass is 334 g/mol. The summed E-state index contributed by atoms with van der Waals surface area (Å²) in [4.78, 5) is 27.3. The van der Waals surface area contributed by atoms with Crippen LogP contribution in [0.15, 0.2) is 40.1 Å². The number of H-pyrrole nitrogens is 2. The molecular weight excluding hydrogens is 316 g/mol. The third-order valence-corrected chi connectivity index (χ3v) is 4.14. The summed E-state index contributed by atoms with van der Waals surface area (Å²) in [5.74, 6) is 0. The quantitative estimate of drug-likeness (QED) is 0.477. The Balaban J connectivity index is 1.76. The van der Waals surface area contributed by atoms with E-state index in [2.05, 4.69) is 9.97 Å². The highest BCUT2D eigenvalue weighted by Crippen LogP contribution is 2.33. The van der Waals surface area contributed by atoms with Gasteiger partial charge in [0, 0.05) is 18.2 Å². The van der Waals surface area contributed by atoms with E-state index in [0.717, 1.165) is 5.56 Å². The lowest BCUT2D eigenvalue weighted by Crippen LogP contribution is -2.32. The van der Waals surface area contributed by atoms with Gasteiger partial charge in [-0.1, -0.05) is 24.3 Å². The van der Waals surface area contributed by atoms with Gasteiger partial charge in [0.15, 0.2) is 0 Å². The lowest BCUT2D eigenvalue weighted by atomic mass is 9.99. The lowest BCUT2D eigenvalue weighted by molar-refractivity contribution is -0.0227. The van der Waals surface area contributed by atoms with Crippen LogP contribution in [0.25, 0.3) is 0 Å². The first-order valence-corrected chi connectivity index (χ1v) is 7.52. The van der Waals surface area contributed by atoms with Crippen molar-refractivity contribution in [3.05, 3.63) is 68.0 Å². The maximum Gasteiger partial charge on any atom is 0.325 e. The number of hydrogen-bond donors (Lipinski definition) is 5. The molecule has 1 aromatic carbocycles. The zero-order valence-electron chi connectivity index (χ0n) is 12.7. The molecule has 4 atom stereocenters. The molecule has 3 rings (SSSR count). The van der Waals surface area contributed by atoms with E-state index < -0.39 is 35.7 Å². The smallest absolute Gasteiger partial charge is 0.325 e. The molecule has 24 heavy (non-hydrogen) atoms. The molecule has 1 saturated heterocycles. The van der Waals surface area contributed by atoms with E-state index >= 15 is 0 Å². The average molecular weight is 334 g/mol. The molecule has 8 nitrogen and oxygen atoms in total. The van der Waals surface area contributed by atoms with Crippen molar-refractivity contribution in [2.24, 2.45) is 0 Å². The maximum atomic E-state index is 11.7. The fourth-order valence-electron chi connectivity index (χ4n) is 2.79. The van der Waals surface area contributed by atoms with E-state index in [4.69, 9.17) is 9.84 Å². The van der Waals surface area contributed by atoms with E-state index in [9.17, 15) is 19.8 Å². The molecule has 5 N–H and O–H groups in total. The number of benzene rings is 1. The summed E-state index contributed by atoms with van der Waals surface area (Å²) in [5.41, 5.74) is 0.935. The molecule has 1 aliphatic heterocycles. The van der Waals surface area contributed by atoms with Gasteiger partial charge in [-0.05, 0) is 11.1 Å². The Kier molecular flexibility index (Phi) is 4.63. The Labute approximate surface area is 136 Å². The molecule has 2 aromatic rings. The molecule has 0 spiro atoms. The zero-order chi connectivity index (χ0) is 17.3. The molecule has 0 radical (unpaired) electrons. The molecule has 8 heteroatoms. The minimum atomic E-state index is -1.14. The summed E-state index contributed by atoms with van der Waals surface area (Å²) in [6, 6.07) is 7.01. The van der Waals surface area contributed by atoms with Crippen molar-refractivity contribution < 1.29 is 20.1 Å². The second-order valence-corrected chi connectivity index (χ2v) is 5.77. The van der Waals surface area contributed by atoms with Gasteiger partial charge in [-0.3, -0.25) is 9.78 Å². The SMILES string of the molecule is O=c1[nH]cc(Cc2ccc(C3O[C@H](CO)[C@@H](O)[C@@H]3O)cc2)c(=O)[nH]1. The number of hydrogen-bond acceptors (Lipinski definition) is 6. The zero-order valence-corrected chi connectivity index (χ0v) is 12.7. The number of aromatic amines is 2. The Morgan fingerprint density at radius 2 is 1.79 bits per heavy atom.